The molecule has 0 bridgehead atoms. The number of hydrogen-bond donors (Lipinski definition) is 4. The zero-order valence-electron chi connectivity index (χ0n) is 14.6. The normalized spacial score (nSPS) is 17.6. The molecule has 1 aliphatic rings. The van der Waals surface area contributed by atoms with Crippen molar-refractivity contribution in [2.45, 2.75) is 32.0 Å². The van der Waals surface area contributed by atoms with Crippen LogP contribution in [0.15, 0.2) is 47.0 Å². The summed E-state index contributed by atoms with van der Waals surface area (Å²) in [4.78, 5) is 28.4. The first kappa shape index (κ1) is 19.1. The molecular formula is C17H21N3O6. The van der Waals surface area contributed by atoms with E-state index in [4.69, 9.17) is 4.74 Å². The Labute approximate surface area is 150 Å². The number of carboxylic acid groups (broad SMARTS) is 1. The number of benzene rings is 1. The Morgan fingerprint density at radius 1 is 1.27 bits per heavy atom. The summed E-state index contributed by atoms with van der Waals surface area (Å²) in [5, 5.41) is 31.3. The van der Waals surface area contributed by atoms with Crippen molar-refractivity contribution in [1.29, 1.82) is 0 Å². The predicted octanol–water partition coefficient (Wildman–Crippen LogP) is 1.77. The Balaban J connectivity index is 2.12. The van der Waals surface area contributed by atoms with Crippen LogP contribution in [0.4, 0.5) is 4.79 Å². The molecule has 140 valence electrons. The molecule has 1 amide bonds. The van der Waals surface area contributed by atoms with Gasteiger partial charge in [-0.05, 0) is 19.4 Å². The summed E-state index contributed by atoms with van der Waals surface area (Å²) in [5.41, 5.74) is -0.366. The van der Waals surface area contributed by atoms with E-state index in [0.29, 0.717) is 0 Å². The number of carbonyl (C=O) groups is 2. The number of alkyl carbamates (subject to hydrolysis) is 1. The highest BCUT2D eigenvalue weighted by atomic mass is 16.5. The summed E-state index contributed by atoms with van der Waals surface area (Å²) < 4.78 is 5.15. The van der Waals surface area contributed by atoms with Gasteiger partial charge in [-0.2, -0.15) is 4.99 Å². The number of amidine groups is 1. The van der Waals surface area contributed by atoms with E-state index >= 15 is 0 Å². The molecule has 0 saturated heterocycles. The number of rotatable bonds is 5. The third-order valence-electron chi connectivity index (χ3n) is 3.84. The van der Waals surface area contributed by atoms with Crippen LogP contribution in [0.3, 0.4) is 0 Å². The lowest BCUT2D eigenvalue weighted by Gasteiger charge is -2.38. The minimum atomic E-state index is -1.51. The van der Waals surface area contributed by atoms with Gasteiger partial charge < -0.3 is 30.3 Å². The molecule has 2 rings (SSSR count). The van der Waals surface area contributed by atoms with Crippen molar-refractivity contribution in [1.82, 2.24) is 10.2 Å². The number of aliphatic imine (C=N–C) groups is 1. The lowest BCUT2D eigenvalue weighted by molar-refractivity contribution is -0.141. The molecule has 26 heavy (non-hydrogen) atoms. The maximum atomic E-state index is 12.1. The van der Waals surface area contributed by atoms with Crippen LogP contribution < -0.4 is 5.32 Å². The highest BCUT2D eigenvalue weighted by Crippen LogP contribution is 2.23. The van der Waals surface area contributed by atoms with E-state index in [9.17, 15) is 24.9 Å². The largest absolute Gasteiger partial charge is 0.505 e. The van der Waals surface area contributed by atoms with E-state index in [1.807, 2.05) is 18.2 Å². The summed E-state index contributed by atoms with van der Waals surface area (Å²) >= 11 is 0. The minimum Gasteiger partial charge on any atom is -0.505 e. The fourth-order valence-electron chi connectivity index (χ4n) is 2.60. The number of aliphatic carboxylic acids is 1. The van der Waals surface area contributed by atoms with Gasteiger partial charge in [0.15, 0.2) is 11.8 Å². The Kier molecular flexibility index (Phi) is 5.39. The number of likely N-dealkylation sites (N-methyl/N-ethyl adjacent to an activating group) is 1. The molecule has 0 radical (unpaired) electrons. The summed E-state index contributed by atoms with van der Waals surface area (Å²) in [7, 11) is 1.39. The van der Waals surface area contributed by atoms with Crippen LogP contribution in [0.2, 0.25) is 0 Å². The van der Waals surface area contributed by atoms with E-state index in [2.05, 4.69) is 10.3 Å². The molecule has 0 saturated carbocycles. The zero-order chi connectivity index (χ0) is 19.5. The second-order valence-electron chi connectivity index (χ2n) is 6.31. The molecule has 1 atom stereocenters. The summed E-state index contributed by atoms with van der Waals surface area (Å²) in [5.74, 6) is -2.90. The highest BCUT2D eigenvalue weighted by Gasteiger charge is 2.42. The second kappa shape index (κ2) is 7.34. The molecule has 1 aliphatic heterocycles. The van der Waals surface area contributed by atoms with Gasteiger partial charge in [0, 0.05) is 7.05 Å². The van der Waals surface area contributed by atoms with Gasteiger partial charge in [0.1, 0.15) is 12.4 Å². The smallest absolute Gasteiger partial charge is 0.408 e. The lowest BCUT2D eigenvalue weighted by atomic mass is 10.00. The molecule has 0 aliphatic carbocycles. The molecule has 4 N–H and O–H groups in total. The lowest BCUT2D eigenvalue weighted by Crippen LogP contribution is -2.60. The van der Waals surface area contributed by atoms with Crippen molar-refractivity contribution in [3.05, 3.63) is 47.5 Å². The number of amides is 1. The minimum absolute atomic E-state index is 0.0526. The van der Waals surface area contributed by atoms with Gasteiger partial charge in [0.2, 0.25) is 0 Å². The van der Waals surface area contributed by atoms with Crippen molar-refractivity contribution in [2.24, 2.45) is 4.99 Å². The number of nitrogens with zero attached hydrogens (tertiary/aromatic N) is 2. The number of aliphatic hydroxyl groups excluding tert-OH is 2. The second-order valence-corrected chi connectivity index (χ2v) is 6.31. The summed E-state index contributed by atoms with van der Waals surface area (Å²) in [6, 6.07) is 7.59. The van der Waals surface area contributed by atoms with Crippen molar-refractivity contribution >= 4 is 17.9 Å². The van der Waals surface area contributed by atoms with Crippen LogP contribution in [0.5, 0.6) is 0 Å². The van der Waals surface area contributed by atoms with Crippen molar-refractivity contribution in [3.8, 4) is 0 Å². The summed E-state index contributed by atoms with van der Waals surface area (Å²) in [6.45, 7) is 3.20. The average Bonchev–Trinajstić information content (AvgIpc) is 2.56. The maximum absolute atomic E-state index is 12.1. The van der Waals surface area contributed by atoms with Gasteiger partial charge in [-0.1, -0.05) is 30.3 Å². The fourth-order valence-corrected chi connectivity index (χ4v) is 2.60. The predicted molar refractivity (Wildman–Crippen MR) is 92.7 cm³/mol. The van der Waals surface area contributed by atoms with E-state index in [1.54, 1.807) is 26.0 Å². The van der Waals surface area contributed by atoms with E-state index in [1.165, 1.54) is 7.05 Å². The van der Waals surface area contributed by atoms with Gasteiger partial charge in [-0.25, -0.2) is 9.59 Å². The van der Waals surface area contributed by atoms with Crippen LogP contribution in [0.1, 0.15) is 19.4 Å². The monoisotopic (exact) mass is 363 g/mol. The molecule has 9 nitrogen and oxygen atoms in total. The third-order valence-corrected chi connectivity index (χ3v) is 3.84. The number of nitrogens with one attached hydrogen (secondary N) is 1. The first-order valence-electron chi connectivity index (χ1n) is 7.79. The number of carboxylic acids is 1. The van der Waals surface area contributed by atoms with E-state index < -0.39 is 35.3 Å². The number of aliphatic hydroxyl groups is 2. The molecule has 0 aromatic heterocycles. The third kappa shape index (κ3) is 4.05. The van der Waals surface area contributed by atoms with Gasteiger partial charge in [0.05, 0.1) is 5.54 Å². The van der Waals surface area contributed by atoms with Crippen LogP contribution in [-0.4, -0.2) is 56.7 Å². The number of carbonyl (C=O) groups excluding carboxylic acids is 1. The first-order valence-corrected chi connectivity index (χ1v) is 7.79. The Morgan fingerprint density at radius 2 is 1.88 bits per heavy atom. The first-order chi connectivity index (χ1) is 12.1. The number of hydrogen-bond acceptors (Lipinski definition) is 7. The highest BCUT2D eigenvalue weighted by molar-refractivity contribution is 5.98. The Bertz CT molecular complexity index is 757. The molecule has 0 spiro atoms. The van der Waals surface area contributed by atoms with Gasteiger partial charge in [-0.3, -0.25) is 0 Å². The van der Waals surface area contributed by atoms with Crippen LogP contribution >= 0.6 is 0 Å². The van der Waals surface area contributed by atoms with E-state index in [-0.39, 0.29) is 12.4 Å². The molecule has 1 aromatic rings. The molecule has 0 fully saturated rings. The number of ether oxygens (including phenoxy) is 1. The van der Waals surface area contributed by atoms with E-state index in [0.717, 1.165) is 10.5 Å². The maximum Gasteiger partial charge on any atom is 0.408 e. The summed E-state index contributed by atoms with van der Waals surface area (Å²) in [6.07, 6.45) is -0.736. The SMILES string of the molecule is CN1C(C(C)(C)NC(=O)OCc2ccccc2)=NC(O)=C(O)C1C(=O)O. The van der Waals surface area contributed by atoms with Crippen molar-refractivity contribution in [3.63, 3.8) is 0 Å². The molecule has 9 heteroatoms. The van der Waals surface area contributed by atoms with Crippen LogP contribution in [0.25, 0.3) is 0 Å². The topological polar surface area (TPSA) is 132 Å². The van der Waals surface area contributed by atoms with Crippen molar-refractivity contribution < 1.29 is 29.6 Å². The zero-order valence-corrected chi connectivity index (χ0v) is 14.6. The Hall–Kier alpha value is -3.23. The van der Waals surface area contributed by atoms with Gasteiger partial charge in [-0.15, -0.1) is 0 Å². The van der Waals surface area contributed by atoms with Crippen LogP contribution in [-0.2, 0) is 16.1 Å². The average molecular weight is 363 g/mol. The molecular weight excluding hydrogens is 342 g/mol. The fraction of sp³-hybridized carbons (Fsp3) is 0.353. The molecule has 1 heterocycles. The quantitative estimate of drug-likeness (QED) is 0.627. The van der Waals surface area contributed by atoms with Crippen molar-refractivity contribution in [2.75, 3.05) is 7.05 Å². The van der Waals surface area contributed by atoms with Gasteiger partial charge in [0.25, 0.3) is 5.88 Å². The van der Waals surface area contributed by atoms with Gasteiger partial charge >= 0.3 is 12.1 Å². The molecule has 1 aromatic carbocycles. The standard InChI is InChI=1S/C17H21N3O6/c1-17(2,19-16(25)26-9-10-7-5-4-6-8-10)15-18-13(22)12(21)11(14(23)24)20(15)3/h4-8,11,21-22H,9H2,1-3H3,(H,19,25)(H,23,24). The molecule has 1 unspecified atom stereocenters. The Morgan fingerprint density at radius 3 is 2.46 bits per heavy atom. The van der Waals surface area contributed by atoms with Crippen LogP contribution in [0, 0.1) is 0 Å².